The zero-order valence-electron chi connectivity index (χ0n) is 19.4. The summed E-state index contributed by atoms with van der Waals surface area (Å²) in [7, 11) is 0. The van der Waals surface area contributed by atoms with Crippen LogP contribution in [0.25, 0.3) is 16.6 Å². The van der Waals surface area contributed by atoms with Crippen LogP contribution in [0.15, 0.2) is 82.1 Å². The Hall–Kier alpha value is -3.66. The van der Waals surface area contributed by atoms with Crippen LogP contribution < -0.4 is 10.9 Å². The van der Waals surface area contributed by atoms with Gasteiger partial charge in [0, 0.05) is 16.7 Å². The predicted octanol–water partition coefficient (Wildman–Crippen LogP) is 6.78. The van der Waals surface area contributed by atoms with Crippen LogP contribution in [0.2, 0.25) is 0 Å². The van der Waals surface area contributed by atoms with E-state index >= 15 is 0 Å². The van der Waals surface area contributed by atoms with Crippen molar-refractivity contribution in [2.75, 3.05) is 11.9 Å². The van der Waals surface area contributed by atoms with E-state index in [1.807, 2.05) is 0 Å². The Bertz CT molecular complexity index is 1450. The molecule has 0 aliphatic heterocycles. The number of para-hydroxylation sites is 1. The standard InChI is InChI=1S/C26H22BrF3N4O2/c1-3-33(25(36)31-19-12-8-17(9-13-19)26(28,29)30)16(2)23-32-22-7-5-4-6-21(22)24(35)34(23)20-14-10-18(27)11-15-20/h4-16H,3H2,1-2H3,(H,31,36). The molecule has 0 saturated heterocycles. The van der Waals surface area contributed by atoms with E-state index in [1.165, 1.54) is 21.6 Å². The monoisotopic (exact) mass is 558 g/mol. The van der Waals surface area contributed by atoms with E-state index in [2.05, 4.69) is 21.2 Å². The molecule has 3 aromatic carbocycles. The van der Waals surface area contributed by atoms with Gasteiger partial charge in [0.1, 0.15) is 5.82 Å². The number of halogens is 4. The first kappa shape index (κ1) is 25.4. The van der Waals surface area contributed by atoms with Gasteiger partial charge in [-0.25, -0.2) is 9.78 Å². The summed E-state index contributed by atoms with van der Waals surface area (Å²) in [4.78, 5) is 32.9. The molecule has 1 N–H and O–H groups in total. The molecule has 0 saturated carbocycles. The SMILES string of the molecule is CCN(C(=O)Nc1ccc(C(F)(F)F)cc1)C(C)c1nc2ccccc2c(=O)n1-c1ccc(Br)cc1. The number of anilines is 1. The van der Waals surface area contributed by atoms with E-state index in [-0.39, 0.29) is 17.8 Å². The third kappa shape index (κ3) is 5.13. The Morgan fingerprint density at radius 2 is 1.69 bits per heavy atom. The van der Waals surface area contributed by atoms with Crippen molar-refractivity contribution in [3.63, 3.8) is 0 Å². The van der Waals surface area contributed by atoms with Crippen LogP contribution in [0, 0.1) is 0 Å². The minimum atomic E-state index is -4.47. The highest BCUT2D eigenvalue weighted by molar-refractivity contribution is 9.10. The number of benzene rings is 3. The minimum absolute atomic E-state index is 0.218. The molecule has 4 aromatic rings. The van der Waals surface area contributed by atoms with Gasteiger partial charge >= 0.3 is 12.2 Å². The number of carbonyl (C=O) groups excluding carboxylic acids is 1. The number of amides is 2. The quantitative estimate of drug-likeness (QED) is 0.293. The topological polar surface area (TPSA) is 67.2 Å². The maximum absolute atomic E-state index is 13.5. The van der Waals surface area contributed by atoms with Crippen molar-refractivity contribution >= 4 is 38.6 Å². The summed E-state index contributed by atoms with van der Waals surface area (Å²) in [5.74, 6) is 0.352. The van der Waals surface area contributed by atoms with Crippen molar-refractivity contribution in [1.82, 2.24) is 14.5 Å². The molecule has 0 bridgehead atoms. The van der Waals surface area contributed by atoms with E-state index in [0.29, 0.717) is 22.4 Å². The highest BCUT2D eigenvalue weighted by atomic mass is 79.9. The molecule has 4 rings (SSSR count). The van der Waals surface area contributed by atoms with Crippen LogP contribution in [0.4, 0.5) is 23.7 Å². The minimum Gasteiger partial charge on any atom is -0.315 e. The van der Waals surface area contributed by atoms with E-state index in [9.17, 15) is 22.8 Å². The van der Waals surface area contributed by atoms with Crippen molar-refractivity contribution in [3.05, 3.63) is 99.0 Å². The number of carbonyl (C=O) groups is 1. The first-order valence-electron chi connectivity index (χ1n) is 11.1. The van der Waals surface area contributed by atoms with Crippen molar-refractivity contribution in [2.45, 2.75) is 26.1 Å². The lowest BCUT2D eigenvalue weighted by Gasteiger charge is -2.29. The third-order valence-electron chi connectivity index (χ3n) is 5.79. The maximum atomic E-state index is 13.5. The third-order valence-corrected chi connectivity index (χ3v) is 6.32. The number of hydrogen-bond donors (Lipinski definition) is 1. The van der Waals surface area contributed by atoms with Crippen LogP contribution in [-0.2, 0) is 6.18 Å². The second-order valence-corrected chi connectivity index (χ2v) is 8.99. The van der Waals surface area contributed by atoms with Gasteiger partial charge in [-0.3, -0.25) is 9.36 Å². The molecular weight excluding hydrogens is 537 g/mol. The fraction of sp³-hybridized carbons (Fsp3) is 0.192. The van der Waals surface area contributed by atoms with Gasteiger partial charge in [0.15, 0.2) is 0 Å². The van der Waals surface area contributed by atoms with Gasteiger partial charge in [-0.2, -0.15) is 13.2 Å². The first-order valence-corrected chi connectivity index (χ1v) is 11.9. The van der Waals surface area contributed by atoms with Crippen LogP contribution in [0.1, 0.15) is 31.3 Å². The Morgan fingerprint density at radius 3 is 2.31 bits per heavy atom. The molecular formula is C26H22BrF3N4O2. The zero-order chi connectivity index (χ0) is 26.0. The summed E-state index contributed by atoms with van der Waals surface area (Å²) >= 11 is 3.40. The second kappa shape index (κ2) is 10.1. The summed E-state index contributed by atoms with van der Waals surface area (Å²) in [6.07, 6.45) is -4.47. The molecule has 2 amide bonds. The Kier molecular flexibility index (Phi) is 7.16. The summed E-state index contributed by atoms with van der Waals surface area (Å²) in [5, 5.41) is 3.08. The molecule has 0 radical (unpaired) electrons. The lowest BCUT2D eigenvalue weighted by molar-refractivity contribution is -0.137. The molecule has 1 heterocycles. The number of hydrogen-bond acceptors (Lipinski definition) is 3. The van der Waals surface area contributed by atoms with Gasteiger partial charge < -0.3 is 10.2 Å². The summed E-state index contributed by atoms with van der Waals surface area (Å²) in [6.45, 7) is 3.78. The molecule has 1 unspecified atom stereocenters. The number of rotatable bonds is 5. The predicted molar refractivity (Wildman–Crippen MR) is 136 cm³/mol. The molecule has 6 nitrogen and oxygen atoms in total. The van der Waals surface area contributed by atoms with Gasteiger partial charge in [0.05, 0.1) is 28.2 Å². The average Bonchev–Trinajstić information content (AvgIpc) is 2.85. The van der Waals surface area contributed by atoms with E-state index in [1.54, 1.807) is 62.4 Å². The molecule has 1 aromatic heterocycles. The number of nitrogens with one attached hydrogen (secondary N) is 1. The maximum Gasteiger partial charge on any atom is 0.416 e. The molecule has 36 heavy (non-hydrogen) atoms. The average molecular weight is 559 g/mol. The first-order chi connectivity index (χ1) is 17.1. The summed E-state index contributed by atoms with van der Waals surface area (Å²) in [6, 6.07) is 17.2. The Balaban J connectivity index is 1.73. The molecule has 186 valence electrons. The molecule has 0 aliphatic rings. The lowest BCUT2D eigenvalue weighted by Crippen LogP contribution is -2.39. The number of fused-ring (bicyclic) bond motifs is 1. The second-order valence-electron chi connectivity index (χ2n) is 8.07. The van der Waals surface area contributed by atoms with Gasteiger partial charge in [-0.15, -0.1) is 0 Å². The number of urea groups is 1. The summed E-state index contributed by atoms with van der Waals surface area (Å²) < 4.78 is 40.9. The zero-order valence-corrected chi connectivity index (χ0v) is 21.0. The fourth-order valence-electron chi connectivity index (χ4n) is 3.94. The van der Waals surface area contributed by atoms with Crippen LogP contribution >= 0.6 is 15.9 Å². The Morgan fingerprint density at radius 1 is 1.06 bits per heavy atom. The van der Waals surface area contributed by atoms with Crippen LogP contribution in [-0.4, -0.2) is 27.0 Å². The number of nitrogens with zero attached hydrogens (tertiary/aromatic N) is 3. The van der Waals surface area contributed by atoms with Gasteiger partial charge in [-0.05, 0) is 74.5 Å². The highest BCUT2D eigenvalue weighted by Gasteiger charge is 2.30. The van der Waals surface area contributed by atoms with Crippen molar-refractivity contribution in [2.24, 2.45) is 0 Å². The van der Waals surface area contributed by atoms with E-state index in [0.717, 1.165) is 16.6 Å². The lowest BCUT2D eigenvalue weighted by atomic mass is 10.2. The van der Waals surface area contributed by atoms with Gasteiger partial charge in [0.25, 0.3) is 5.56 Å². The van der Waals surface area contributed by atoms with Gasteiger partial charge in [-0.1, -0.05) is 28.1 Å². The normalized spacial score (nSPS) is 12.4. The van der Waals surface area contributed by atoms with E-state index in [4.69, 9.17) is 4.98 Å². The largest absolute Gasteiger partial charge is 0.416 e. The van der Waals surface area contributed by atoms with Crippen LogP contribution in [0.3, 0.4) is 0 Å². The molecule has 1 atom stereocenters. The molecule has 0 aliphatic carbocycles. The number of alkyl halides is 3. The van der Waals surface area contributed by atoms with Crippen molar-refractivity contribution < 1.29 is 18.0 Å². The highest BCUT2D eigenvalue weighted by Crippen LogP contribution is 2.30. The van der Waals surface area contributed by atoms with Crippen molar-refractivity contribution in [3.8, 4) is 5.69 Å². The van der Waals surface area contributed by atoms with Crippen LogP contribution in [0.5, 0.6) is 0 Å². The van der Waals surface area contributed by atoms with E-state index < -0.39 is 23.8 Å². The number of aromatic nitrogens is 2. The molecule has 0 fully saturated rings. The smallest absolute Gasteiger partial charge is 0.315 e. The van der Waals surface area contributed by atoms with Gasteiger partial charge in [0.2, 0.25) is 0 Å². The Labute approximate surface area is 213 Å². The fourth-order valence-corrected chi connectivity index (χ4v) is 4.20. The van der Waals surface area contributed by atoms with Crippen molar-refractivity contribution in [1.29, 1.82) is 0 Å². The summed E-state index contributed by atoms with van der Waals surface area (Å²) in [5.41, 5.74) is 0.221. The molecule has 10 heteroatoms. The molecule has 0 spiro atoms.